The summed E-state index contributed by atoms with van der Waals surface area (Å²) in [5.41, 5.74) is 0. The van der Waals surface area contributed by atoms with Gasteiger partial charge in [0.05, 0.1) is 13.0 Å². The van der Waals surface area contributed by atoms with Gasteiger partial charge in [0.2, 0.25) is 0 Å². The number of rotatable bonds is 5. The Morgan fingerprint density at radius 3 is 2.75 bits per heavy atom. The fourth-order valence-electron chi connectivity index (χ4n) is 1.06. The lowest BCUT2D eigenvalue weighted by molar-refractivity contribution is -0.145. The van der Waals surface area contributed by atoms with Crippen molar-refractivity contribution in [3.05, 3.63) is 0 Å². The van der Waals surface area contributed by atoms with E-state index in [4.69, 9.17) is 6.42 Å². The van der Waals surface area contributed by atoms with Gasteiger partial charge in [-0.3, -0.25) is 4.79 Å². The number of ether oxygens (including phenoxy) is 1. The van der Waals surface area contributed by atoms with E-state index in [0.29, 0.717) is 6.42 Å². The molecule has 12 heavy (non-hydrogen) atoms. The molecule has 0 spiro atoms. The van der Waals surface area contributed by atoms with Crippen LogP contribution in [0.25, 0.3) is 0 Å². The van der Waals surface area contributed by atoms with E-state index in [9.17, 15) is 4.79 Å². The number of esters is 1. The molecule has 0 aliphatic carbocycles. The Morgan fingerprint density at radius 1 is 1.67 bits per heavy atom. The highest BCUT2D eigenvalue weighted by Gasteiger charge is 2.16. The van der Waals surface area contributed by atoms with Gasteiger partial charge in [-0.2, -0.15) is 0 Å². The Labute approximate surface area is 74.3 Å². The first-order chi connectivity index (χ1) is 5.76. The van der Waals surface area contributed by atoms with Crippen molar-refractivity contribution < 1.29 is 9.53 Å². The number of methoxy groups -OCH3 is 1. The lowest BCUT2D eigenvalue weighted by atomic mass is 9.99. The monoisotopic (exact) mass is 168 g/mol. The summed E-state index contributed by atoms with van der Waals surface area (Å²) in [6.07, 6.45) is 8.58. The number of hydrogen-bond donors (Lipinski definition) is 0. The zero-order valence-corrected chi connectivity index (χ0v) is 7.80. The zero-order valence-electron chi connectivity index (χ0n) is 7.80. The van der Waals surface area contributed by atoms with Crippen LogP contribution >= 0.6 is 0 Å². The van der Waals surface area contributed by atoms with Gasteiger partial charge in [0, 0.05) is 6.42 Å². The largest absolute Gasteiger partial charge is 0.469 e. The van der Waals surface area contributed by atoms with Gasteiger partial charge in [-0.15, -0.1) is 12.3 Å². The first-order valence-corrected chi connectivity index (χ1v) is 4.27. The molecule has 0 saturated heterocycles. The zero-order chi connectivity index (χ0) is 9.40. The lowest BCUT2D eigenvalue weighted by Gasteiger charge is -2.10. The van der Waals surface area contributed by atoms with Gasteiger partial charge < -0.3 is 4.74 Å². The number of terminal acetylenes is 1. The molecule has 0 rings (SSSR count). The number of hydrogen-bond acceptors (Lipinski definition) is 2. The van der Waals surface area contributed by atoms with Crippen molar-refractivity contribution in [1.82, 2.24) is 0 Å². The van der Waals surface area contributed by atoms with Gasteiger partial charge >= 0.3 is 5.97 Å². The minimum Gasteiger partial charge on any atom is -0.469 e. The summed E-state index contributed by atoms with van der Waals surface area (Å²) < 4.78 is 4.63. The van der Waals surface area contributed by atoms with Crippen LogP contribution in [0.2, 0.25) is 0 Å². The molecule has 2 heteroatoms. The summed E-state index contributed by atoms with van der Waals surface area (Å²) in [5, 5.41) is 0. The van der Waals surface area contributed by atoms with E-state index in [-0.39, 0.29) is 11.9 Å². The van der Waals surface area contributed by atoms with Gasteiger partial charge in [-0.1, -0.05) is 19.8 Å². The highest BCUT2D eigenvalue weighted by molar-refractivity contribution is 5.72. The summed E-state index contributed by atoms with van der Waals surface area (Å²) >= 11 is 0. The summed E-state index contributed by atoms with van der Waals surface area (Å²) in [5.74, 6) is 2.21. The van der Waals surface area contributed by atoms with Gasteiger partial charge in [0.25, 0.3) is 0 Å². The molecule has 1 unspecified atom stereocenters. The van der Waals surface area contributed by atoms with E-state index in [1.165, 1.54) is 7.11 Å². The number of carbonyl (C=O) groups excluding carboxylic acids is 1. The molecule has 0 bridgehead atoms. The van der Waals surface area contributed by atoms with Crippen LogP contribution in [0.1, 0.15) is 32.6 Å². The molecule has 0 N–H and O–H groups in total. The van der Waals surface area contributed by atoms with Crippen molar-refractivity contribution in [2.45, 2.75) is 32.6 Å². The van der Waals surface area contributed by atoms with Crippen molar-refractivity contribution in [3.8, 4) is 12.3 Å². The van der Waals surface area contributed by atoms with Gasteiger partial charge in [0.15, 0.2) is 0 Å². The molecule has 0 amide bonds. The second-order valence-corrected chi connectivity index (χ2v) is 2.77. The molecule has 2 nitrogen and oxygen atoms in total. The maximum Gasteiger partial charge on any atom is 0.309 e. The van der Waals surface area contributed by atoms with Crippen LogP contribution in [0.4, 0.5) is 0 Å². The van der Waals surface area contributed by atoms with Crippen LogP contribution in [0, 0.1) is 18.3 Å². The average Bonchev–Trinajstić information content (AvgIpc) is 2.11. The minimum atomic E-state index is -0.179. The summed E-state index contributed by atoms with van der Waals surface area (Å²) in [7, 11) is 1.40. The third-order valence-electron chi connectivity index (χ3n) is 1.80. The fraction of sp³-hybridized carbons (Fsp3) is 0.700. The Bertz CT molecular complexity index is 167. The van der Waals surface area contributed by atoms with E-state index < -0.39 is 0 Å². The molecule has 0 aromatic carbocycles. The SMILES string of the molecule is C#CCC(CCCC)C(=O)OC. The van der Waals surface area contributed by atoms with Crippen molar-refractivity contribution in [1.29, 1.82) is 0 Å². The molecular weight excluding hydrogens is 152 g/mol. The van der Waals surface area contributed by atoms with Crippen LogP contribution in [-0.4, -0.2) is 13.1 Å². The summed E-state index contributed by atoms with van der Waals surface area (Å²) in [6, 6.07) is 0. The van der Waals surface area contributed by atoms with Crippen LogP contribution < -0.4 is 0 Å². The third-order valence-corrected chi connectivity index (χ3v) is 1.80. The quantitative estimate of drug-likeness (QED) is 0.463. The fourth-order valence-corrected chi connectivity index (χ4v) is 1.06. The molecule has 0 saturated carbocycles. The Balaban J connectivity index is 3.87. The Hall–Kier alpha value is -0.970. The van der Waals surface area contributed by atoms with E-state index >= 15 is 0 Å². The van der Waals surface area contributed by atoms with Crippen molar-refractivity contribution in [3.63, 3.8) is 0 Å². The number of carbonyl (C=O) groups is 1. The molecule has 1 atom stereocenters. The van der Waals surface area contributed by atoms with Crippen LogP contribution in [0.3, 0.4) is 0 Å². The first kappa shape index (κ1) is 11.0. The van der Waals surface area contributed by atoms with Crippen molar-refractivity contribution >= 4 is 5.97 Å². The predicted molar refractivity (Wildman–Crippen MR) is 48.5 cm³/mol. The molecule has 0 aromatic rings. The third kappa shape index (κ3) is 4.02. The molecule has 0 aliphatic rings. The van der Waals surface area contributed by atoms with E-state index in [1.54, 1.807) is 0 Å². The topological polar surface area (TPSA) is 26.3 Å². The molecule has 0 heterocycles. The van der Waals surface area contributed by atoms with Crippen molar-refractivity contribution in [2.24, 2.45) is 5.92 Å². The minimum absolute atomic E-state index is 0.0973. The molecule has 68 valence electrons. The van der Waals surface area contributed by atoms with Crippen LogP contribution in [0.5, 0.6) is 0 Å². The van der Waals surface area contributed by atoms with Crippen LogP contribution in [-0.2, 0) is 9.53 Å². The predicted octanol–water partition coefficient (Wildman–Crippen LogP) is 1.99. The van der Waals surface area contributed by atoms with E-state index in [2.05, 4.69) is 17.6 Å². The molecule has 0 fully saturated rings. The molecule has 0 aromatic heterocycles. The van der Waals surface area contributed by atoms with E-state index in [1.807, 2.05) is 0 Å². The lowest BCUT2D eigenvalue weighted by Crippen LogP contribution is -2.15. The first-order valence-electron chi connectivity index (χ1n) is 4.27. The van der Waals surface area contributed by atoms with E-state index in [0.717, 1.165) is 19.3 Å². The normalized spacial score (nSPS) is 11.8. The Morgan fingerprint density at radius 2 is 2.33 bits per heavy atom. The highest BCUT2D eigenvalue weighted by Crippen LogP contribution is 2.13. The number of unbranched alkanes of at least 4 members (excludes halogenated alkanes) is 1. The Kier molecular flexibility index (Phi) is 6.18. The second-order valence-electron chi connectivity index (χ2n) is 2.77. The highest BCUT2D eigenvalue weighted by atomic mass is 16.5. The molecular formula is C10H16O2. The molecule has 0 radical (unpaired) electrons. The molecule has 0 aliphatic heterocycles. The second kappa shape index (κ2) is 6.72. The summed E-state index contributed by atoms with van der Waals surface area (Å²) in [4.78, 5) is 11.1. The van der Waals surface area contributed by atoms with Gasteiger partial charge in [0.1, 0.15) is 0 Å². The smallest absolute Gasteiger partial charge is 0.309 e. The van der Waals surface area contributed by atoms with Gasteiger partial charge in [-0.25, -0.2) is 0 Å². The maximum absolute atomic E-state index is 11.1. The van der Waals surface area contributed by atoms with Crippen molar-refractivity contribution in [2.75, 3.05) is 7.11 Å². The average molecular weight is 168 g/mol. The van der Waals surface area contributed by atoms with Gasteiger partial charge in [-0.05, 0) is 6.42 Å². The standard InChI is InChI=1S/C10H16O2/c1-4-6-8-9(7-5-2)10(11)12-3/h2,9H,4,6-8H2,1,3H3. The van der Waals surface area contributed by atoms with Crippen LogP contribution in [0.15, 0.2) is 0 Å². The maximum atomic E-state index is 11.1. The summed E-state index contributed by atoms with van der Waals surface area (Å²) in [6.45, 7) is 2.09.